The van der Waals surface area contributed by atoms with E-state index in [-0.39, 0.29) is 16.5 Å². The maximum absolute atomic E-state index is 14.4. The van der Waals surface area contributed by atoms with Gasteiger partial charge in [-0.15, -0.1) is 0 Å². The van der Waals surface area contributed by atoms with E-state index in [0.717, 1.165) is 0 Å². The molecular formula is C16H7BrClF4NO2. The zero-order chi connectivity index (χ0) is 18.5. The van der Waals surface area contributed by atoms with Crippen molar-refractivity contribution >= 4 is 44.4 Å². The lowest BCUT2D eigenvalue weighted by atomic mass is 10.0. The van der Waals surface area contributed by atoms with Crippen LogP contribution in [-0.4, -0.2) is 5.91 Å². The zero-order valence-electron chi connectivity index (χ0n) is 12.0. The highest BCUT2D eigenvalue weighted by molar-refractivity contribution is 9.10. The van der Waals surface area contributed by atoms with E-state index in [9.17, 15) is 22.4 Å². The minimum absolute atomic E-state index is 0.158. The van der Waals surface area contributed by atoms with Gasteiger partial charge in [-0.25, -0.2) is 4.39 Å². The first-order valence-electron chi connectivity index (χ1n) is 6.68. The SMILES string of the molecule is NC(=O)c1c(-c2cc(C(F)(F)F)cc(Cl)c2F)oc2cc(Br)ccc12. The van der Waals surface area contributed by atoms with Crippen LogP contribution in [0.1, 0.15) is 15.9 Å². The van der Waals surface area contributed by atoms with E-state index in [1.807, 2.05) is 0 Å². The first-order valence-corrected chi connectivity index (χ1v) is 7.85. The minimum Gasteiger partial charge on any atom is -0.455 e. The molecule has 1 heterocycles. The molecule has 0 saturated heterocycles. The number of benzene rings is 2. The number of amides is 1. The molecule has 0 aliphatic heterocycles. The molecular weight excluding hydrogens is 430 g/mol. The fourth-order valence-corrected chi connectivity index (χ4v) is 2.98. The Morgan fingerprint density at radius 1 is 1.20 bits per heavy atom. The molecule has 0 atom stereocenters. The summed E-state index contributed by atoms with van der Waals surface area (Å²) in [6, 6.07) is 5.55. The van der Waals surface area contributed by atoms with Crippen molar-refractivity contribution in [2.24, 2.45) is 5.73 Å². The molecule has 3 nitrogen and oxygen atoms in total. The lowest BCUT2D eigenvalue weighted by molar-refractivity contribution is -0.137. The van der Waals surface area contributed by atoms with Crippen LogP contribution >= 0.6 is 27.5 Å². The number of primary amides is 1. The van der Waals surface area contributed by atoms with E-state index >= 15 is 0 Å². The van der Waals surface area contributed by atoms with E-state index in [2.05, 4.69) is 15.9 Å². The van der Waals surface area contributed by atoms with Gasteiger partial charge in [-0.05, 0) is 30.3 Å². The van der Waals surface area contributed by atoms with Crippen molar-refractivity contribution in [2.45, 2.75) is 6.18 Å². The van der Waals surface area contributed by atoms with Gasteiger partial charge in [0.05, 0.1) is 21.7 Å². The Labute approximate surface area is 151 Å². The average Bonchev–Trinajstić information content (AvgIpc) is 2.86. The van der Waals surface area contributed by atoms with Crippen molar-refractivity contribution in [3.8, 4) is 11.3 Å². The van der Waals surface area contributed by atoms with Gasteiger partial charge in [0.1, 0.15) is 5.58 Å². The number of alkyl halides is 3. The molecule has 0 aliphatic rings. The first-order chi connectivity index (χ1) is 11.6. The molecule has 1 amide bonds. The third kappa shape index (κ3) is 3.11. The number of rotatable bonds is 2. The van der Waals surface area contributed by atoms with Gasteiger partial charge in [-0.3, -0.25) is 4.79 Å². The predicted molar refractivity (Wildman–Crippen MR) is 87.8 cm³/mol. The molecule has 3 aromatic rings. The van der Waals surface area contributed by atoms with Crippen LogP contribution < -0.4 is 5.73 Å². The van der Waals surface area contributed by atoms with Crippen LogP contribution in [0.2, 0.25) is 5.02 Å². The summed E-state index contributed by atoms with van der Waals surface area (Å²) < 4.78 is 59.4. The maximum atomic E-state index is 14.4. The Hall–Kier alpha value is -2.06. The fourth-order valence-electron chi connectivity index (χ4n) is 2.42. The van der Waals surface area contributed by atoms with Gasteiger partial charge in [0.15, 0.2) is 11.6 Å². The molecule has 2 aromatic carbocycles. The molecule has 0 saturated carbocycles. The van der Waals surface area contributed by atoms with Crippen LogP contribution in [-0.2, 0) is 6.18 Å². The Bertz CT molecular complexity index is 1010. The summed E-state index contributed by atoms with van der Waals surface area (Å²) in [5, 5.41) is -0.500. The largest absolute Gasteiger partial charge is 0.455 e. The normalized spacial score (nSPS) is 11.9. The highest BCUT2D eigenvalue weighted by Gasteiger charge is 2.34. The summed E-state index contributed by atoms with van der Waals surface area (Å²) >= 11 is 8.79. The highest BCUT2D eigenvalue weighted by atomic mass is 79.9. The van der Waals surface area contributed by atoms with Gasteiger partial charge in [-0.2, -0.15) is 13.2 Å². The van der Waals surface area contributed by atoms with Gasteiger partial charge in [0.25, 0.3) is 5.91 Å². The van der Waals surface area contributed by atoms with Crippen LogP contribution in [0.5, 0.6) is 0 Å². The van der Waals surface area contributed by atoms with Crippen LogP contribution in [0.4, 0.5) is 17.6 Å². The van der Waals surface area contributed by atoms with Gasteiger partial charge in [-0.1, -0.05) is 27.5 Å². The molecule has 130 valence electrons. The van der Waals surface area contributed by atoms with Gasteiger partial charge < -0.3 is 10.2 Å². The monoisotopic (exact) mass is 435 g/mol. The lowest BCUT2D eigenvalue weighted by Crippen LogP contribution is -2.12. The van der Waals surface area contributed by atoms with Crippen LogP contribution in [0.25, 0.3) is 22.3 Å². The highest BCUT2D eigenvalue weighted by Crippen LogP contribution is 2.41. The number of furan rings is 1. The number of carbonyl (C=O) groups excluding carboxylic acids is 1. The second-order valence-corrected chi connectivity index (χ2v) is 6.45. The summed E-state index contributed by atoms with van der Waals surface area (Å²) in [6.07, 6.45) is -4.76. The number of halogens is 6. The Kier molecular flexibility index (Phi) is 4.28. The molecule has 0 bridgehead atoms. The van der Waals surface area contributed by atoms with Crippen LogP contribution in [0.15, 0.2) is 39.2 Å². The van der Waals surface area contributed by atoms with E-state index in [0.29, 0.717) is 16.6 Å². The Morgan fingerprint density at radius 2 is 1.88 bits per heavy atom. The van der Waals surface area contributed by atoms with Gasteiger partial charge in [0.2, 0.25) is 0 Å². The average molecular weight is 437 g/mol. The molecule has 9 heteroatoms. The molecule has 0 radical (unpaired) electrons. The summed E-state index contributed by atoms with van der Waals surface area (Å²) in [5.74, 6) is -2.52. The molecule has 3 rings (SSSR count). The predicted octanol–water partition coefficient (Wildman–Crippen LogP) is 5.77. The van der Waals surface area contributed by atoms with Gasteiger partial charge in [0, 0.05) is 9.86 Å². The maximum Gasteiger partial charge on any atom is 0.416 e. The third-order valence-electron chi connectivity index (χ3n) is 3.50. The molecule has 1 aromatic heterocycles. The number of hydrogen-bond donors (Lipinski definition) is 1. The molecule has 2 N–H and O–H groups in total. The number of fused-ring (bicyclic) bond motifs is 1. The number of carbonyl (C=O) groups is 1. The van der Waals surface area contributed by atoms with Crippen molar-refractivity contribution in [1.29, 1.82) is 0 Å². The minimum atomic E-state index is -4.76. The van der Waals surface area contributed by atoms with Crippen molar-refractivity contribution in [3.05, 3.63) is 56.8 Å². The summed E-state index contributed by atoms with van der Waals surface area (Å²) in [5.41, 5.74) is 3.49. The van der Waals surface area contributed by atoms with Crippen LogP contribution in [0, 0.1) is 5.82 Å². The first kappa shape index (κ1) is 17.8. The molecule has 0 spiro atoms. The second-order valence-electron chi connectivity index (χ2n) is 5.13. The molecule has 0 unspecified atom stereocenters. The summed E-state index contributed by atoms with van der Waals surface area (Å²) in [7, 11) is 0. The molecule has 0 aliphatic carbocycles. The van der Waals surface area contributed by atoms with E-state index in [4.69, 9.17) is 21.8 Å². The van der Waals surface area contributed by atoms with Crippen molar-refractivity contribution in [2.75, 3.05) is 0 Å². The van der Waals surface area contributed by atoms with Crippen molar-refractivity contribution < 1.29 is 26.8 Å². The summed E-state index contributed by atoms with van der Waals surface area (Å²) in [6.45, 7) is 0. The number of nitrogens with two attached hydrogens (primary N) is 1. The smallest absolute Gasteiger partial charge is 0.416 e. The number of hydrogen-bond acceptors (Lipinski definition) is 2. The Balaban J connectivity index is 2.38. The topological polar surface area (TPSA) is 56.2 Å². The molecule has 25 heavy (non-hydrogen) atoms. The molecule has 0 fully saturated rings. The van der Waals surface area contributed by atoms with E-state index in [1.54, 1.807) is 6.07 Å². The second kappa shape index (κ2) is 6.03. The van der Waals surface area contributed by atoms with E-state index in [1.165, 1.54) is 12.1 Å². The van der Waals surface area contributed by atoms with Crippen molar-refractivity contribution in [3.63, 3.8) is 0 Å². The Morgan fingerprint density at radius 3 is 2.48 bits per heavy atom. The van der Waals surface area contributed by atoms with Crippen molar-refractivity contribution in [1.82, 2.24) is 0 Å². The lowest BCUT2D eigenvalue weighted by Gasteiger charge is -2.10. The summed E-state index contributed by atoms with van der Waals surface area (Å²) in [4.78, 5) is 11.8. The van der Waals surface area contributed by atoms with Crippen LogP contribution in [0.3, 0.4) is 0 Å². The fraction of sp³-hybridized carbons (Fsp3) is 0.0625. The third-order valence-corrected chi connectivity index (χ3v) is 4.27. The quantitative estimate of drug-likeness (QED) is 0.518. The zero-order valence-corrected chi connectivity index (χ0v) is 14.4. The van der Waals surface area contributed by atoms with Gasteiger partial charge >= 0.3 is 6.18 Å². The van der Waals surface area contributed by atoms with E-state index < -0.39 is 39.8 Å². The standard InChI is InChI=1S/C16H7BrClF4NO2/c17-7-1-2-8-11(5-7)25-14(12(8)15(23)24)9-3-6(16(20,21)22)4-10(18)13(9)19/h1-5H,(H2,23,24).